The molecule has 0 aromatic rings. The minimum Gasteiger partial charge on any atom is -0.480 e. The van der Waals surface area contributed by atoms with Gasteiger partial charge in [0.15, 0.2) is 0 Å². The molecule has 6 nitrogen and oxygen atoms in total. The Morgan fingerprint density at radius 2 is 2.21 bits per heavy atom. The van der Waals surface area contributed by atoms with E-state index in [4.69, 9.17) is 5.11 Å². The van der Waals surface area contributed by atoms with E-state index in [1.54, 1.807) is 11.8 Å². The van der Waals surface area contributed by atoms with Gasteiger partial charge in [-0.15, -0.1) is 0 Å². The molecular weight excluding hydrogens is 266 g/mol. The van der Waals surface area contributed by atoms with Crippen LogP contribution in [0, 0.1) is 0 Å². The molecule has 0 radical (unpaired) electrons. The van der Waals surface area contributed by atoms with Crippen molar-refractivity contribution in [3.8, 4) is 0 Å². The first-order chi connectivity index (χ1) is 8.91. The van der Waals surface area contributed by atoms with Gasteiger partial charge in [-0.25, -0.2) is 9.59 Å². The van der Waals surface area contributed by atoms with Crippen molar-refractivity contribution in [1.29, 1.82) is 0 Å². The van der Waals surface area contributed by atoms with Gasteiger partial charge in [-0.1, -0.05) is 0 Å². The fraction of sp³-hybridized carbons (Fsp3) is 0.833. The number of nitrogens with one attached hydrogen (secondary N) is 1. The Bertz CT molecular complexity index is 325. The number of carbonyl (C=O) groups excluding carboxylic acids is 1. The van der Waals surface area contributed by atoms with Gasteiger partial charge in [0.05, 0.1) is 0 Å². The zero-order chi connectivity index (χ0) is 14.4. The lowest BCUT2D eigenvalue weighted by molar-refractivity contribution is -0.141. The van der Waals surface area contributed by atoms with Crippen molar-refractivity contribution >= 4 is 23.8 Å². The van der Waals surface area contributed by atoms with E-state index in [0.717, 1.165) is 18.7 Å². The number of carboxylic acids is 1. The van der Waals surface area contributed by atoms with Crippen molar-refractivity contribution in [3.63, 3.8) is 0 Å². The quantitative estimate of drug-likeness (QED) is 0.773. The molecule has 7 heteroatoms. The monoisotopic (exact) mass is 289 g/mol. The average molecular weight is 289 g/mol. The Balaban J connectivity index is 2.48. The van der Waals surface area contributed by atoms with Crippen LogP contribution in [-0.4, -0.2) is 77.7 Å². The summed E-state index contributed by atoms with van der Waals surface area (Å²) in [5.74, 6) is 0.335. The summed E-state index contributed by atoms with van der Waals surface area (Å²) in [4.78, 5) is 26.7. The van der Waals surface area contributed by atoms with E-state index in [9.17, 15) is 9.59 Å². The standard InChI is InChI=1S/C12H23N3O3S/c1-9(4-5-14(2)3)13-12(18)15-6-7-19-8-10(15)11(16)17/h9-10H,4-8H2,1-3H3,(H,13,18)(H,16,17). The summed E-state index contributed by atoms with van der Waals surface area (Å²) in [6, 6.07) is -0.933. The Kier molecular flexibility index (Phi) is 6.44. The van der Waals surface area contributed by atoms with Crippen LogP contribution < -0.4 is 5.32 Å². The smallest absolute Gasteiger partial charge is 0.327 e. The molecule has 0 aromatic heterocycles. The molecule has 1 saturated heterocycles. The predicted molar refractivity (Wildman–Crippen MR) is 76.6 cm³/mol. The van der Waals surface area contributed by atoms with Gasteiger partial charge in [-0.2, -0.15) is 11.8 Å². The maximum atomic E-state index is 12.1. The molecule has 1 rings (SSSR count). The topological polar surface area (TPSA) is 72.9 Å². The molecule has 0 aliphatic carbocycles. The normalized spacial score (nSPS) is 21.3. The first-order valence-electron chi connectivity index (χ1n) is 6.44. The van der Waals surface area contributed by atoms with Crippen molar-refractivity contribution in [1.82, 2.24) is 15.1 Å². The molecule has 0 spiro atoms. The maximum absolute atomic E-state index is 12.1. The fourth-order valence-corrected chi connectivity index (χ4v) is 2.91. The Morgan fingerprint density at radius 1 is 1.53 bits per heavy atom. The number of carboxylic acid groups (broad SMARTS) is 1. The van der Waals surface area contributed by atoms with E-state index >= 15 is 0 Å². The van der Waals surface area contributed by atoms with Gasteiger partial charge in [0.2, 0.25) is 0 Å². The summed E-state index contributed by atoms with van der Waals surface area (Å²) in [6.07, 6.45) is 0.846. The summed E-state index contributed by atoms with van der Waals surface area (Å²) in [6.45, 7) is 3.32. The van der Waals surface area contributed by atoms with E-state index in [1.165, 1.54) is 4.90 Å². The van der Waals surface area contributed by atoms with E-state index in [0.29, 0.717) is 12.3 Å². The fourth-order valence-electron chi connectivity index (χ4n) is 1.87. The van der Waals surface area contributed by atoms with Crippen molar-refractivity contribution in [2.24, 2.45) is 0 Å². The van der Waals surface area contributed by atoms with Crippen LogP contribution in [0.1, 0.15) is 13.3 Å². The number of urea groups is 1. The molecule has 19 heavy (non-hydrogen) atoms. The molecule has 0 bridgehead atoms. The number of nitrogens with zero attached hydrogens (tertiary/aromatic N) is 2. The van der Waals surface area contributed by atoms with Gasteiger partial charge >= 0.3 is 12.0 Å². The second-order valence-electron chi connectivity index (χ2n) is 5.06. The van der Waals surface area contributed by atoms with E-state index in [1.807, 2.05) is 21.0 Å². The predicted octanol–water partition coefficient (Wildman–Crippen LogP) is 0.538. The molecule has 1 aliphatic rings. The number of carbonyl (C=O) groups is 2. The second-order valence-corrected chi connectivity index (χ2v) is 6.21. The van der Waals surface area contributed by atoms with Crippen LogP contribution in [0.2, 0.25) is 0 Å². The Hall–Kier alpha value is -0.950. The van der Waals surface area contributed by atoms with E-state index < -0.39 is 12.0 Å². The highest BCUT2D eigenvalue weighted by atomic mass is 32.2. The number of thioether (sulfide) groups is 1. The summed E-state index contributed by atoms with van der Waals surface area (Å²) in [5, 5.41) is 12.0. The molecule has 110 valence electrons. The molecule has 0 aromatic carbocycles. The minimum atomic E-state index is -0.928. The number of rotatable bonds is 5. The van der Waals surface area contributed by atoms with E-state index in [2.05, 4.69) is 10.2 Å². The van der Waals surface area contributed by atoms with Crippen LogP contribution in [0.3, 0.4) is 0 Å². The molecule has 2 atom stereocenters. The number of hydrogen-bond donors (Lipinski definition) is 2. The van der Waals surface area contributed by atoms with Gasteiger partial charge in [-0.3, -0.25) is 0 Å². The van der Waals surface area contributed by atoms with E-state index in [-0.39, 0.29) is 12.1 Å². The third kappa shape index (κ3) is 5.28. The molecule has 0 saturated carbocycles. The van der Waals surface area contributed by atoms with Crippen LogP contribution in [0.5, 0.6) is 0 Å². The summed E-state index contributed by atoms with van der Waals surface area (Å²) in [5.41, 5.74) is 0. The van der Waals surface area contributed by atoms with Gasteiger partial charge in [0.1, 0.15) is 6.04 Å². The molecule has 2 amide bonds. The van der Waals surface area contributed by atoms with Crippen molar-refractivity contribution < 1.29 is 14.7 Å². The minimum absolute atomic E-state index is 0.0407. The van der Waals surface area contributed by atoms with Crippen molar-refractivity contribution in [3.05, 3.63) is 0 Å². The summed E-state index contributed by atoms with van der Waals surface area (Å²) < 4.78 is 0. The molecule has 2 N–H and O–H groups in total. The summed E-state index contributed by atoms with van der Waals surface area (Å²) >= 11 is 1.58. The lowest BCUT2D eigenvalue weighted by atomic mass is 10.2. The summed E-state index contributed by atoms with van der Waals surface area (Å²) in [7, 11) is 3.97. The van der Waals surface area contributed by atoms with Gasteiger partial charge in [-0.05, 0) is 34.0 Å². The third-order valence-corrected chi connectivity index (χ3v) is 4.08. The molecule has 2 unspecified atom stereocenters. The molecule has 1 fully saturated rings. The maximum Gasteiger partial charge on any atom is 0.327 e. The highest BCUT2D eigenvalue weighted by Gasteiger charge is 2.32. The highest BCUT2D eigenvalue weighted by Crippen LogP contribution is 2.16. The third-order valence-electron chi connectivity index (χ3n) is 3.05. The number of aliphatic carboxylic acids is 1. The number of amides is 2. The van der Waals surface area contributed by atoms with Crippen LogP contribution in [0.4, 0.5) is 4.79 Å². The highest BCUT2D eigenvalue weighted by molar-refractivity contribution is 7.99. The Morgan fingerprint density at radius 3 is 2.79 bits per heavy atom. The van der Waals surface area contributed by atoms with Crippen LogP contribution in [0.15, 0.2) is 0 Å². The molecule has 1 heterocycles. The first kappa shape index (κ1) is 16.1. The van der Waals surface area contributed by atoms with Crippen LogP contribution in [0.25, 0.3) is 0 Å². The molecule has 1 aliphatic heterocycles. The largest absolute Gasteiger partial charge is 0.480 e. The van der Waals surface area contributed by atoms with Crippen LogP contribution >= 0.6 is 11.8 Å². The van der Waals surface area contributed by atoms with Gasteiger partial charge < -0.3 is 20.2 Å². The molecular formula is C12H23N3O3S. The van der Waals surface area contributed by atoms with Gasteiger partial charge in [0, 0.05) is 24.1 Å². The Labute approximate surface area is 118 Å². The van der Waals surface area contributed by atoms with Gasteiger partial charge in [0.25, 0.3) is 0 Å². The van der Waals surface area contributed by atoms with Crippen molar-refractivity contribution in [2.45, 2.75) is 25.4 Å². The van der Waals surface area contributed by atoms with Crippen LogP contribution in [-0.2, 0) is 4.79 Å². The zero-order valence-electron chi connectivity index (χ0n) is 11.8. The SMILES string of the molecule is CC(CCN(C)C)NC(=O)N1CCSCC1C(=O)O. The first-order valence-corrected chi connectivity index (χ1v) is 7.59. The zero-order valence-corrected chi connectivity index (χ0v) is 12.6. The lowest BCUT2D eigenvalue weighted by Gasteiger charge is -2.33. The average Bonchev–Trinajstić information content (AvgIpc) is 2.36. The lowest BCUT2D eigenvalue weighted by Crippen LogP contribution is -2.55. The second kappa shape index (κ2) is 7.59. The van der Waals surface area contributed by atoms with Crippen molar-refractivity contribution in [2.75, 3.05) is 38.7 Å². The number of hydrogen-bond acceptors (Lipinski definition) is 4.